The first kappa shape index (κ1) is 23.7. The molecule has 3 aromatic rings. The van der Waals surface area contributed by atoms with Crippen LogP contribution in [0.3, 0.4) is 0 Å². The molecule has 12 heteroatoms. The topological polar surface area (TPSA) is 115 Å². The zero-order chi connectivity index (χ0) is 23.9. The van der Waals surface area contributed by atoms with E-state index in [1.54, 1.807) is 27.7 Å². The van der Waals surface area contributed by atoms with Crippen molar-refractivity contribution in [2.75, 3.05) is 18.4 Å². The average Bonchev–Trinajstić information content (AvgIpc) is 3.27. The van der Waals surface area contributed by atoms with E-state index in [4.69, 9.17) is 11.6 Å². The lowest BCUT2D eigenvalue weighted by atomic mass is 10.1. The highest BCUT2D eigenvalue weighted by atomic mass is 35.5. The molecule has 0 amide bonds. The zero-order valence-electron chi connectivity index (χ0n) is 19.1. The molecule has 0 unspecified atom stereocenters. The Labute approximate surface area is 197 Å². The second-order valence-corrected chi connectivity index (χ2v) is 11.2. The molecular weight excluding hydrogens is 466 g/mol. The summed E-state index contributed by atoms with van der Waals surface area (Å²) in [7, 11) is -3.58. The molecule has 1 N–H and O–H groups in total. The average molecular weight is 494 g/mol. The number of rotatable bonds is 6. The van der Waals surface area contributed by atoms with Crippen LogP contribution >= 0.6 is 11.6 Å². The standard InChI is InChI=1S/C21H28ClN7O3S/c1-13(2)28-12-17(11-24-28)33(31,32)27-7-5-16(6-8-27)25-21-23-10-15-9-18(22)20(30)29(14(3)4)19(15)26-21/h9-14,16H,5-8H2,1-4H3,(H,23,25,26). The molecule has 0 saturated carbocycles. The Morgan fingerprint density at radius 1 is 1.12 bits per heavy atom. The van der Waals surface area contributed by atoms with Crippen LogP contribution in [0.25, 0.3) is 11.0 Å². The number of hydrogen-bond acceptors (Lipinski definition) is 7. The molecule has 4 rings (SSSR count). The molecule has 1 saturated heterocycles. The number of nitrogens with one attached hydrogen (secondary N) is 1. The summed E-state index contributed by atoms with van der Waals surface area (Å²) in [4.78, 5) is 21.6. The van der Waals surface area contributed by atoms with Crippen LogP contribution in [-0.4, -0.2) is 56.2 Å². The minimum Gasteiger partial charge on any atom is -0.351 e. The highest BCUT2D eigenvalue weighted by Crippen LogP contribution is 2.24. The van der Waals surface area contributed by atoms with Crippen molar-refractivity contribution in [3.05, 3.63) is 40.0 Å². The van der Waals surface area contributed by atoms with E-state index in [0.29, 0.717) is 42.9 Å². The number of fused-ring (bicyclic) bond motifs is 1. The molecule has 0 bridgehead atoms. The monoisotopic (exact) mass is 493 g/mol. The predicted octanol–water partition coefficient (Wildman–Crippen LogP) is 3.07. The maximum atomic E-state index is 13.0. The Morgan fingerprint density at radius 2 is 1.82 bits per heavy atom. The fourth-order valence-corrected chi connectivity index (χ4v) is 5.56. The summed E-state index contributed by atoms with van der Waals surface area (Å²) < 4.78 is 30.6. The normalized spacial score (nSPS) is 16.2. The summed E-state index contributed by atoms with van der Waals surface area (Å²) in [6.45, 7) is 8.45. The van der Waals surface area contributed by atoms with Gasteiger partial charge in [0.1, 0.15) is 15.6 Å². The van der Waals surface area contributed by atoms with E-state index in [1.807, 2.05) is 27.7 Å². The number of sulfonamides is 1. The van der Waals surface area contributed by atoms with E-state index in [2.05, 4.69) is 20.4 Å². The van der Waals surface area contributed by atoms with E-state index in [1.165, 1.54) is 10.5 Å². The third kappa shape index (κ3) is 4.62. The second-order valence-electron chi connectivity index (χ2n) is 8.81. The lowest BCUT2D eigenvalue weighted by Crippen LogP contribution is -2.42. The summed E-state index contributed by atoms with van der Waals surface area (Å²) >= 11 is 6.08. The molecule has 0 aliphatic carbocycles. The van der Waals surface area contributed by atoms with E-state index in [9.17, 15) is 13.2 Å². The molecular formula is C21H28ClN7O3S. The van der Waals surface area contributed by atoms with Gasteiger partial charge < -0.3 is 5.32 Å². The Balaban J connectivity index is 1.48. The maximum Gasteiger partial charge on any atom is 0.271 e. The molecule has 0 atom stereocenters. The molecule has 4 heterocycles. The molecule has 1 aliphatic rings. The number of aromatic nitrogens is 5. The molecule has 1 fully saturated rings. The Morgan fingerprint density at radius 3 is 2.42 bits per heavy atom. The third-order valence-electron chi connectivity index (χ3n) is 5.78. The van der Waals surface area contributed by atoms with Crippen LogP contribution in [0.15, 0.2) is 34.3 Å². The van der Waals surface area contributed by atoms with Gasteiger partial charge in [0.05, 0.1) is 6.20 Å². The number of halogens is 1. The molecule has 1 aliphatic heterocycles. The lowest BCUT2D eigenvalue weighted by Gasteiger charge is -2.31. The molecule has 33 heavy (non-hydrogen) atoms. The van der Waals surface area contributed by atoms with Gasteiger partial charge >= 0.3 is 0 Å². The van der Waals surface area contributed by atoms with Crippen LogP contribution < -0.4 is 10.9 Å². The van der Waals surface area contributed by atoms with Gasteiger partial charge in [0.25, 0.3) is 5.56 Å². The predicted molar refractivity (Wildman–Crippen MR) is 127 cm³/mol. The van der Waals surface area contributed by atoms with Gasteiger partial charge in [-0.2, -0.15) is 14.4 Å². The van der Waals surface area contributed by atoms with Crippen LogP contribution in [0.5, 0.6) is 0 Å². The number of pyridine rings is 1. The summed E-state index contributed by atoms with van der Waals surface area (Å²) in [6.07, 6.45) is 5.84. The minimum absolute atomic E-state index is 0.0128. The number of anilines is 1. The lowest BCUT2D eigenvalue weighted by molar-refractivity contribution is 0.329. The van der Waals surface area contributed by atoms with Gasteiger partial charge in [-0.15, -0.1) is 0 Å². The SMILES string of the molecule is CC(C)n1cc(S(=O)(=O)N2CCC(Nc3ncc4cc(Cl)c(=O)n(C(C)C)c4n3)CC2)cn1. The molecule has 10 nitrogen and oxygen atoms in total. The molecule has 0 aromatic carbocycles. The quantitative estimate of drug-likeness (QED) is 0.561. The van der Waals surface area contributed by atoms with Crippen LogP contribution in [-0.2, 0) is 10.0 Å². The van der Waals surface area contributed by atoms with Crippen molar-refractivity contribution in [3.63, 3.8) is 0 Å². The first-order valence-corrected chi connectivity index (χ1v) is 12.8. The van der Waals surface area contributed by atoms with E-state index >= 15 is 0 Å². The zero-order valence-corrected chi connectivity index (χ0v) is 20.6. The Bertz CT molecular complexity index is 1330. The molecule has 0 spiro atoms. The van der Waals surface area contributed by atoms with Crippen molar-refractivity contribution in [2.24, 2.45) is 0 Å². The van der Waals surface area contributed by atoms with Crippen molar-refractivity contribution in [2.45, 2.75) is 63.6 Å². The van der Waals surface area contributed by atoms with E-state index < -0.39 is 10.0 Å². The first-order chi connectivity index (χ1) is 15.6. The van der Waals surface area contributed by atoms with Gasteiger partial charge in [-0.05, 0) is 46.6 Å². The van der Waals surface area contributed by atoms with Crippen molar-refractivity contribution < 1.29 is 8.42 Å². The smallest absolute Gasteiger partial charge is 0.271 e. The molecule has 3 aromatic heterocycles. The molecule has 0 radical (unpaired) electrons. The van der Waals surface area contributed by atoms with E-state index in [-0.39, 0.29) is 33.6 Å². The van der Waals surface area contributed by atoms with E-state index in [0.717, 1.165) is 0 Å². The fraction of sp³-hybridized carbons (Fsp3) is 0.524. The van der Waals surface area contributed by atoms with Crippen molar-refractivity contribution in [3.8, 4) is 0 Å². The highest BCUT2D eigenvalue weighted by molar-refractivity contribution is 7.89. The van der Waals surface area contributed by atoms with Crippen LogP contribution in [0.1, 0.15) is 52.6 Å². The van der Waals surface area contributed by atoms with Gasteiger partial charge in [-0.1, -0.05) is 11.6 Å². The summed E-state index contributed by atoms with van der Waals surface area (Å²) in [5.74, 6) is 0.401. The summed E-state index contributed by atoms with van der Waals surface area (Å²) in [5.41, 5.74) is 0.224. The van der Waals surface area contributed by atoms with Gasteiger partial charge in [0, 0.05) is 49.0 Å². The summed E-state index contributed by atoms with van der Waals surface area (Å²) in [5, 5.41) is 8.26. The maximum absolute atomic E-state index is 13.0. The van der Waals surface area contributed by atoms with Crippen molar-refractivity contribution in [1.29, 1.82) is 0 Å². The van der Waals surface area contributed by atoms with Crippen molar-refractivity contribution >= 4 is 38.6 Å². The third-order valence-corrected chi connectivity index (χ3v) is 7.90. The minimum atomic E-state index is -3.58. The van der Waals surface area contributed by atoms with Crippen molar-refractivity contribution in [1.82, 2.24) is 28.6 Å². The van der Waals surface area contributed by atoms with Gasteiger partial charge in [-0.3, -0.25) is 14.0 Å². The number of hydrogen-bond donors (Lipinski definition) is 1. The Hall–Kier alpha value is -2.50. The van der Waals surface area contributed by atoms with Gasteiger partial charge in [0.2, 0.25) is 16.0 Å². The van der Waals surface area contributed by atoms with Gasteiger partial charge in [-0.25, -0.2) is 13.4 Å². The second kappa shape index (κ2) is 9.03. The Kier molecular flexibility index (Phi) is 6.47. The molecule has 178 valence electrons. The first-order valence-electron chi connectivity index (χ1n) is 11.0. The summed E-state index contributed by atoms with van der Waals surface area (Å²) in [6, 6.07) is 1.56. The van der Waals surface area contributed by atoms with Gasteiger partial charge in [0.15, 0.2) is 0 Å². The fourth-order valence-electron chi connectivity index (χ4n) is 3.94. The van der Waals surface area contributed by atoms with Crippen LogP contribution in [0, 0.1) is 0 Å². The largest absolute Gasteiger partial charge is 0.351 e. The van der Waals surface area contributed by atoms with Crippen LogP contribution in [0.4, 0.5) is 5.95 Å². The number of piperidine rings is 1. The van der Waals surface area contributed by atoms with Crippen LogP contribution in [0.2, 0.25) is 5.02 Å². The highest BCUT2D eigenvalue weighted by Gasteiger charge is 2.31. The number of nitrogens with zero attached hydrogens (tertiary/aromatic N) is 6.